The summed E-state index contributed by atoms with van der Waals surface area (Å²) in [5, 5.41) is 11.8. The molecule has 3 N–H and O–H groups in total. The molecule has 0 saturated carbocycles. The molecule has 0 saturated heterocycles. The molecular formula is C14H18BrN3O. The van der Waals surface area contributed by atoms with Crippen LogP contribution in [0.25, 0.3) is 0 Å². The van der Waals surface area contributed by atoms with Crippen LogP contribution in [-0.2, 0) is 4.79 Å². The maximum absolute atomic E-state index is 12.1. The first-order valence-electron chi connectivity index (χ1n) is 6.18. The highest BCUT2D eigenvalue weighted by Gasteiger charge is 2.19. The number of rotatable bonds is 5. The van der Waals surface area contributed by atoms with Gasteiger partial charge in [0.2, 0.25) is 5.91 Å². The summed E-state index contributed by atoms with van der Waals surface area (Å²) >= 11 is 3.29. The predicted octanol–water partition coefficient (Wildman–Crippen LogP) is 2.88. The number of hydrogen-bond donors (Lipinski definition) is 2. The van der Waals surface area contributed by atoms with Gasteiger partial charge in [0.15, 0.2) is 0 Å². The van der Waals surface area contributed by atoms with Gasteiger partial charge >= 0.3 is 0 Å². The monoisotopic (exact) mass is 323 g/mol. The molecule has 1 amide bonds. The number of nitrogens with one attached hydrogen (secondary N) is 1. The molecule has 0 spiro atoms. The van der Waals surface area contributed by atoms with Crippen LogP contribution in [0.15, 0.2) is 22.7 Å². The average Bonchev–Trinajstić information content (AvgIpc) is 2.37. The van der Waals surface area contributed by atoms with Crippen molar-refractivity contribution in [1.29, 1.82) is 5.26 Å². The third-order valence-corrected chi connectivity index (χ3v) is 3.26. The van der Waals surface area contributed by atoms with E-state index < -0.39 is 0 Å². The number of hydrogen-bond acceptors (Lipinski definition) is 3. The fourth-order valence-corrected chi connectivity index (χ4v) is 2.19. The molecule has 102 valence electrons. The van der Waals surface area contributed by atoms with E-state index in [2.05, 4.69) is 41.2 Å². The van der Waals surface area contributed by atoms with Crippen molar-refractivity contribution < 1.29 is 4.79 Å². The van der Waals surface area contributed by atoms with E-state index >= 15 is 0 Å². The van der Waals surface area contributed by atoms with E-state index in [0.717, 1.165) is 10.9 Å². The zero-order valence-corrected chi connectivity index (χ0v) is 12.7. The molecule has 1 rings (SSSR count). The van der Waals surface area contributed by atoms with Crippen molar-refractivity contribution in [3.8, 4) is 6.07 Å². The van der Waals surface area contributed by atoms with E-state index in [1.165, 1.54) is 0 Å². The molecule has 0 aliphatic heterocycles. The van der Waals surface area contributed by atoms with Crippen LogP contribution in [0.5, 0.6) is 0 Å². The summed E-state index contributed by atoms with van der Waals surface area (Å²) in [6.45, 7) is 4.41. The molecular weight excluding hydrogens is 306 g/mol. The van der Waals surface area contributed by atoms with Crippen molar-refractivity contribution in [2.75, 3.05) is 11.9 Å². The van der Waals surface area contributed by atoms with Crippen molar-refractivity contribution in [2.45, 2.75) is 20.3 Å². The predicted molar refractivity (Wildman–Crippen MR) is 79.5 cm³/mol. The maximum Gasteiger partial charge on any atom is 0.228 e. The van der Waals surface area contributed by atoms with Crippen molar-refractivity contribution >= 4 is 27.5 Å². The Labute approximate surface area is 122 Å². The normalized spacial score (nSPS) is 12.0. The molecule has 0 radical (unpaired) electrons. The number of amides is 1. The quantitative estimate of drug-likeness (QED) is 0.874. The molecule has 0 bridgehead atoms. The van der Waals surface area contributed by atoms with Gasteiger partial charge in [-0.25, -0.2) is 0 Å². The number of nitriles is 1. The molecule has 1 atom stereocenters. The van der Waals surface area contributed by atoms with Gasteiger partial charge in [0.25, 0.3) is 0 Å². The third-order valence-electron chi connectivity index (χ3n) is 2.77. The molecule has 4 nitrogen and oxygen atoms in total. The van der Waals surface area contributed by atoms with E-state index in [-0.39, 0.29) is 11.8 Å². The van der Waals surface area contributed by atoms with Gasteiger partial charge in [-0.1, -0.05) is 29.8 Å². The highest BCUT2D eigenvalue weighted by atomic mass is 79.9. The summed E-state index contributed by atoms with van der Waals surface area (Å²) in [5.74, 6) is 0.0462. The first kappa shape index (κ1) is 15.7. The third kappa shape index (κ3) is 4.66. The van der Waals surface area contributed by atoms with Crippen LogP contribution in [-0.4, -0.2) is 12.5 Å². The van der Waals surface area contributed by atoms with Crippen LogP contribution in [0, 0.1) is 23.2 Å². The minimum atomic E-state index is -0.227. The Morgan fingerprint density at radius 2 is 2.21 bits per heavy atom. The lowest BCUT2D eigenvalue weighted by atomic mass is 9.96. The fourth-order valence-electron chi connectivity index (χ4n) is 1.83. The SMILES string of the molecule is CC(C)CC(CN)C(=O)Nc1ccc(Br)cc1C#N. The summed E-state index contributed by atoms with van der Waals surface area (Å²) in [6.07, 6.45) is 0.737. The summed E-state index contributed by atoms with van der Waals surface area (Å²) in [7, 11) is 0. The Hall–Kier alpha value is -1.38. The van der Waals surface area contributed by atoms with Gasteiger partial charge in [-0.2, -0.15) is 5.26 Å². The van der Waals surface area contributed by atoms with Gasteiger partial charge in [-0.15, -0.1) is 0 Å². The number of carbonyl (C=O) groups is 1. The van der Waals surface area contributed by atoms with Crippen LogP contribution in [0.4, 0.5) is 5.69 Å². The maximum atomic E-state index is 12.1. The Balaban J connectivity index is 2.84. The van der Waals surface area contributed by atoms with Gasteiger partial charge in [-0.3, -0.25) is 4.79 Å². The Kier molecular flexibility index (Phi) is 6.00. The van der Waals surface area contributed by atoms with Crippen LogP contribution >= 0.6 is 15.9 Å². The minimum Gasteiger partial charge on any atom is -0.330 e. The number of nitrogens with zero attached hydrogens (tertiary/aromatic N) is 1. The minimum absolute atomic E-state index is 0.130. The molecule has 19 heavy (non-hydrogen) atoms. The number of carbonyl (C=O) groups excluding carboxylic acids is 1. The van der Waals surface area contributed by atoms with Crippen molar-refractivity contribution in [1.82, 2.24) is 0 Å². The van der Waals surface area contributed by atoms with Gasteiger partial charge in [0, 0.05) is 11.0 Å². The highest BCUT2D eigenvalue weighted by molar-refractivity contribution is 9.10. The molecule has 1 aromatic rings. The number of benzene rings is 1. The molecule has 5 heteroatoms. The summed E-state index contributed by atoms with van der Waals surface area (Å²) < 4.78 is 0.805. The Bertz CT molecular complexity index is 494. The lowest BCUT2D eigenvalue weighted by molar-refractivity contribution is -0.120. The number of halogens is 1. The van der Waals surface area contributed by atoms with Crippen molar-refractivity contribution in [2.24, 2.45) is 17.6 Å². The number of anilines is 1. The summed E-state index contributed by atoms with van der Waals surface area (Å²) in [5.41, 5.74) is 6.60. The first-order chi connectivity index (χ1) is 8.97. The molecule has 0 heterocycles. The molecule has 0 aliphatic rings. The van der Waals surface area contributed by atoms with Crippen LogP contribution in [0.3, 0.4) is 0 Å². The zero-order chi connectivity index (χ0) is 14.4. The average molecular weight is 324 g/mol. The van der Waals surface area contributed by atoms with Crippen LogP contribution in [0.2, 0.25) is 0 Å². The smallest absolute Gasteiger partial charge is 0.228 e. The van der Waals surface area contributed by atoms with Gasteiger partial charge in [0.1, 0.15) is 6.07 Å². The van der Waals surface area contributed by atoms with Crippen molar-refractivity contribution in [3.05, 3.63) is 28.2 Å². The van der Waals surface area contributed by atoms with E-state index in [1.807, 2.05) is 0 Å². The molecule has 1 unspecified atom stereocenters. The Morgan fingerprint density at radius 1 is 1.53 bits per heavy atom. The summed E-state index contributed by atoms with van der Waals surface area (Å²) in [4.78, 5) is 12.1. The largest absolute Gasteiger partial charge is 0.330 e. The van der Waals surface area contributed by atoms with E-state index in [9.17, 15) is 4.79 Å². The summed E-state index contributed by atoms with van der Waals surface area (Å²) in [6, 6.07) is 7.24. The topological polar surface area (TPSA) is 78.9 Å². The van der Waals surface area contributed by atoms with E-state index in [4.69, 9.17) is 11.0 Å². The van der Waals surface area contributed by atoms with Gasteiger partial charge < -0.3 is 11.1 Å². The lowest BCUT2D eigenvalue weighted by Gasteiger charge is -2.17. The molecule has 0 fully saturated rings. The first-order valence-corrected chi connectivity index (χ1v) is 6.97. The zero-order valence-electron chi connectivity index (χ0n) is 11.1. The highest BCUT2D eigenvalue weighted by Crippen LogP contribution is 2.21. The van der Waals surface area contributed by atoms with E-state index in [1.54, 1.807) is 18.2 Å². The lowest BCUT2D eigenvalue weighted by Crippen LogP contribution is -2.30. The van der Waals surface area contributed by atoms with Crippen LogP contribution in [0.1, 0.15) is 25.8 Å². The van der Waals surface area contributed by atoms with E-state index in [0.29, 0.717) is 23.7 Å². The molecule has 0 aliphatic carbocycles. The molecule has 0 aromatic heterocycles. The fraction of sp³-hybridized carbons (Fsp3) is 0.429. The van der Waals surface area contributed by atoms with Gasteiger partial charge in [-0.05, 0) is 30.5 Å². The Morgan fingerprint density at radius 3 is 2.74 bits per heavy atom. The second-order valence-corrected chi connectivity index (χ2v) is 5.77. The van der Waals surface area contributed by atoms with Crippen molar-refractivity contribution in [3.63, 3.8) is 0 Å². The number of nitrogens with two attached hydrogens (primary N) is 1. The van der Waals surface area contributed by atoms with Crippen LogP contribution < -0.4 is 11.1 Å². The second kappa shape index (κ2) is 7.27. The molecule has 1 aromatic carbocycles. The van der Waals surface area contributed by atoms with Gasteiger partial charge in [0.05, 0.1) is 17.2 Å². The standard InChI is InChI=1S/C14H18BrN3O/c1-9(2)5-11(8-17)14(19)18-13-4-3-12(15)6-10(13)7-16/h3-4,6,9,11H,5,8,17H2,1-2H3,(H,18,19). The second-order valence-electron chi connectivity index (χ2n) is 4.85.